The lowest BCUT2D eigenvalue weighted by Gasteiger charge is -2.27. The molecule has 0 aromatic heterocycles. The first kappa shape index (κ1) is 33.0. The highest BCUT2D eigenvalue weighted by Gasteiger charge is 2.26. The van der Waals surface area contributed by atoms with Gasteiger partial charge in [-0.1, -0.05) is 49.2 Å². The van der Waals surface area contributed by atoms with Gasteiger partial charge in [-0.15, -0.1) is 11.6 Å². The maximum Gasteiger partial charge on any atom is 0.303 e. The van der Waals surface area contributed by atoms with Crippen molar-refractivity contribution in [3.8, 4) is 11.5 Å². The van der Waals surface area contributed by atoms with Crippen LogP contribution in [0.4, 0.5) is 0 Å². The number of sulfonamides is 1. The van der Waals surface area contributed by atoms with Crippen LogP contribution in [-0.2, 0) is 34.5 Å². The number of benzene rings is 2. The minimum atomic E-state index is -3.45. The average molecular weight is 625 g/mol. The number of rotatable bonds is 14. The number of alkyl halides is 1. The minimum absolute atomic E-state index is 0.00461. The van der Waals surface area contributed by atoms with Crippen LogP contribution < -0.4 is 14.2 Å². The van der Waals surface area contributed by atoms with Crippen LogP contribution in [-0.4, -0.2) is 64.5 Å². The van der Waals surface area contributed by atoms with Crippen LogP contribution in [0.25, 0.3) is 0 Å². The van der Waals surface area contributed by atoms with Crippen molar-refractivity contribution in [2.75, 3.05) is 31.9 Å². The molecule has 13 heteroatoms. The van der Waals surface area contributed by atoms with E-state index in [4.69, 9.17) is 53.8 Å². The Morgan fingerprint density at radius 1 is 0.897 bits per heavy atom. The molecular formula is C26H32Cl3NO8S. The largest absolute Gasteiger partial charge is 0.490 e. The van der Waals surface area contributed by atoms with E-state index in [0.717, 1.165) is 17.4 Å². The highest BCUT2D eigenvalue weighted by atomic mass is 35.5. The van der Waals surface area contributed by atoms with Gasteiger partial charge in [-0.2, -0.15) is 0 Å². The van der Waals surface area contributed by atoms with Crippen molar-refractivity contribution in [3.05, 3.63) is 57.6 Å². The highest BCUT2D eigenvalue weighted by Crippen LogP contribution is 2.40. The fourth-order valence-corrected chi connectivity index (χ4v) is 4.75. The molecule has 0 radical (unpaired) electrons. The Morgan fingerprint density at radius 3 is 1.90 bits per heavy atom. The summed E-state index contributed by atoms with van der Waals surface area (Å²) in [5.41, 5.74) is 1.25. The van der Waals surface area contributed by atoms with Crippen molar-refractivity contribution < 1.29 is 37.0 Å². The number of hydrogen-bond acceptors (Lipinski definition) is 8. The molecule has 216 valence electrons. The van der Waals surface area contributed by atoms with E-state index in [-0.39, 0.29) is 31.4 Å². The van der Waals surface area contributed by atoms with Crippen LogP contribution in [0.2, 0.25) is 10.0 Å². The third-order valence-electron chi connectivity index (χ3n) is 5.56. The Labute approximate surface area is 244 Å². The molecule has 0 aliphatic heterocycles. The summed E-state index contributed by atoms with van der Waals surface area (Å²) < 4.78 is 46.7. The molecule has 0 bridgehead atoms. The van der Waals surface area contributed by atoms with Crippen molar-refractivity contribution in [3.63, 3.8) is 0 Å². The smallest absolute Gasteiger partial charge is 0.303 e. The maximum absolute atomic E-state index is 11.4. The molecule has 2 rings (SSSR count). The van der Waals surface area contributed by atoms with Gasteiger partial charge in [0.1, 0.15) is 31.2 Å². The summed E-state index contributed by atoms with van der Waals surface area (Å²) in [6.45, 7) is 6.37. The van der Waals surface area contributed by atoms with Gasteiger partial charge >= 0.3 is 11.9 Å². The summed E-state index contributed by atoms with van der Waals surface area (Å²) in [5, 5.41) is 0.585. The zero-order valence-electron chi connectivity index (χ0n) is 22.3. The fraction of sp³-hybridized carbons (Fsp3) is 0.462. The molecule has 0 unspecified atom stereocenters. The standard InChI is InChI=1S/C26H32Cl3NO8S/c1-16(31)37-21(12-27)14-36-25-23(28)10-19(11-24(25)29)26(3,4)18-6-8-20(9-7-18)35-15-22(38-17(2)32)13-30-39(5,33)34/h6-11,21-22,30H,12-15H2,1-5H3/t21-,22+/m1/s1. The molecule has 2 aromatic rings. The van der Waals surface area contributed by atoms with Crippen molar-refractivity contribution in [1.82, 2.24) is 4.72 Å². The Hall–Kier alpha value is -2.24. The Balaban J connectivity index is 2.13. The van der Waals surface area contributed by atoms with Gasteiger partial charge in [-0.3, -0.25) is 9.59 Å². The normalized spacial score (nSPS) is 13.3. The van der Waals surface area contributed by atoms with Crippen LogP contribution in [0.5, 0.6) is 11.5 Å². The highest BCUT2D eigenvalue weighted by molar-refractivity contribution is 7.88. The fourth-order valence-electron chi connectivity index (χ4n) is 3.52. The first-order valence-electron chi connectivity index (χ1n) is 11.8. The Morgan fingerprint density at radius 2 is 1.41 bits per heavy atom. The third kappa shape index (κ3) is 10.7. The van der Waals surface area contributed by atoms with Gasteiger partial charge in [0.2, 0.25) is 10.0 Å². The Kier molecular flexibility index (Phi) is 12.2. The van der Waals surface area contributed by atoms with Gasteiger partial charge in [-0.05, 0) is 35.4 Å². The molecule has 0 aliphatic rings. The van der Waals surface area contributed by atoms with Crippen LogP contribution in [0.3, 0.4) is 0 Å². The minimum Gasteiger partial charge on any atom is -0.490 e. The van der Waals surface area contributed by atoms with Crippen LogP contribution in [0.1, 0.15) is 38.8 Å². The number of carbonyl (C=O) groups excluding carboxylic acids is 2. The third-order valence-corrected chi connectivity index (χ3v) is 7.15. The maximum atomic E-state index is 11.4. The number of nitrogens with one attached hydrogen (secondary N) is 1. The molecule has 0 fully saturated rings. The van der Waals surface area contributed by atoms with E-state index in [2.05, 4.69) is 4.72 Å². The summed E-state index contributed by atoms with van der Waals surface area (Å²) in [6, 6.07) is 10.8. The topological polar surface area (TPSA) is 117 Å². The molecule has 9 nitrogen and oxygen atoms in total. The van der Waals surface area contributed by atoms with Crippen molar-refractivity contribution >= 4 is 56.8 Å². The zero-order chi connectivity index (χ0) is 29.4. The monoisotopic (exact) mass is 623 g/mol. The average Bonchev–Trinajstić information content (AvgIpc) is 2.83. The predicted molar refractivity (Wildman–Crippen MR) is 151 cm³/mol. The molecule has 2 aromatic carbocycles. The number of carbonyl (C=O) groups is 2. The lowest BCUT2D eigenvalue weighted by Crippen LogP contribution is -2.37. The van der Waals surface area contributed by atoms with E-state index < -0.39 is 39.6 Å². The second-order valence-electron chi connectivity index (χ2n) is 9.28. The lowest BCUT2D eigenvalue weighted by atomic mass is 9.78. The molecule has 0 saturated heterocycles. The summed E-state index contributed by atoms with van der Waals surface area (Å²) in [7, 11) is -3.45. The first-order chi connectivity index (χ1) is 18.1. The second kappa shape index (κ2) is 14.4. The first-order valence-corrected chi connectivity index (χ1v) is 15.0. The number of halogens is 3. The molecule has 0 spiro atoms. The summed E-state index contributed by atoms with van der Waals surface area (Å²) in [4.78, 5) is 22.6. The molecule has 1 N–H and O–H groups in total. The van der Waals surface area contributed by atoms with E-state index >= 15 is 0 Å². The van der Waals surface area contributed by atoms with Crippen LogP contribution in [0, 0.1) is 0 Å². The van der Waals surface area contributed by atoms with E-state index in [0.29, 0.717) is 15.8 Å². The second-order valence-corrected chi connectivity index (χ2v) is 12.2. The van der Waals surface area contributed by atoms with Crippen molar-refractivity contribution in [2.45, 2.75) is 45.3 Å². The predicted octanol–water partition coefficient (Wildman–Crippen LogP) is 4.73. The van der Waals surface area contributed by atoms with Crippen molar-refractivity contribution in [1.29, 1.82) is 0 Å². The summed E-state index contributed by atoms with van der Waals surface area (Å²) >= 11 is 18.8. The molecule has 0 aliphatic carbocycles. The van der Waals surface area contributed by atoms with E-state index in [1.807, 2.05) is 26.0 Å². The molecule has 0 saturated carbocycles. The molecule has 39 heavy (non-hydrogen) atoms. The quantitative estimate of drug-likeness (QED) is 0.237. The number of esters is 2. The van der Waals surface area contributed by atoms with E-state index in [1.54, 1.807) is 24.3 Å². The SMILES string of the molecule is CC(=O)O[C@H](CCl)COc1c(Cl)cc(C(C)(C)c2ccc(OC[C@H](CNS(C)(=O)=O)OC(C)=O)cc2)cc1Cl. The van der Waals surface area contributed by atoms with Gasteiger partial charge in [0.05, 0.1) is 28.7 Å². The van der Waals surface area contributed by atoms with Gasteiger partial charge < -0.3 is 18.9 Å². The van der Waals surface area contributed by atoms with Gasteiger partial charge in [0.15, 0.2) is 5.75 Å². The van der Waals surface area contributed by atoms with E-state index in [9.17, 15) is 18.0 Å². The lowest BCUT2D eigenvalue weighted by molar-refractivity contribution is -0.148. The van der Waals surface area contributed by atoms with E-state index in [1.165, 1.54) is 13.8 Å². The molecule has 0 amide bonds. The zero-order valence-corrected chi connectivity index (χ0v) is 25.3. The molecule has 2 atom stereocenters. The summed E-state index contributed by atoms with van der Waals surface area (Å²) in [5.74, 6) is -0.193. The van der Waals surface area contributed by atoms with Gasteiger partial charge in [-0.25, -0.2) is 13.1 Å². The van der Waals surface area contributed by atoms with Crippen LogP contribution in [0.15, 0.2) is 36.4 Å². The Bertz CT molecular complexity index is 1230. The number of ether oxygens (including phenoxy) is 4. The number of hydrogen-bond donors (Lipinski definition) is 1. The van der Waals surface area contributed by atoms with Gasteiger partial charge in [0.25, 0.3) is 0 Å². The molecular weight excluding hydrogens is 593 g/mol. The van der Waals surface area contributed by atoms with Gasteiger partial charge in [0, 0.05) is 19.3 Å². The summed E-state index contributed by atoms with van der Waals surface area (Å²) in [6.07, 6.45) is -0.427. The van der Waals surface area contributed by atoms with Crippen molar-refractivity contribution in [2.24, 2.45) is 0 Å². The molecule has 0 heterocycles. The van der Waals surface area contributed by atoms with Crippen LogP contribution >= 0.6 is 34.8 Å².